The average Bonchev–Trinajstić information content (AvgIpc) is 2.53. The number of rotatable bonds is 4. The summed E-state index contributed by atoms with van der Waals surface area (Å²) < 4.78 is 1.23. The predicted octanol–water partition coefficient (Wildman–Crippen LogP) is 4.19. The van der Waals surface area contributed by atoms with Crippen molar-refractivity contribution in [1.29, 1.82) is 0 Å². The van der Waals surface area contributed by atoms with E-state index in [1.807, 2.05) is 0 Å². The number of nitrogens with two attached hydrogens (primary N) is 1. The second kappa shape index (κ2) is 6.56. The van der Waals surface area contributed by atoms with E-state index >= 15 is 0 Å². The van der Waals surface area contributed by atoms with Crippen molar-refractivity contribution in [2.24, 2.45) is 5.84 Å². The van der Waals surface area contributed by atoms with Crippen LogP contribution in [0.3, 0.4) is 0 Å². The summed E-state index contributed by atoms with van der Waals surface area (Å²) in [6, 6.07) is 23.4. The molecule has 21 heavy (non-hydrogen) atoms. The minimum atomic E-state index is 0.115. The first-order valence-electron chi connectivity index (χ1n) is 6.97. The summed E-state index contributed by atoms with van der Waals surface area (Å²) in [6.07, 6.45) is 0.873. The lowest BCUT2D eigenvalue weighted by molar-refractivity contribution is 0.551. The molecule has 106 valence electrons. The van der Waals surface area contributed by atoms with Crippen molar-refractivity contribution in [3.05, 3.63) is 81.4 Å². The van der Waals surface area contributed by atoms with E-state index in [1.54, 1.807) is 0 Å². The third-order valence-corrected chi connectivity index (χ3v) is 4.77. The Labute approximate surface area is 138 Å². The molecule has 0 bridgehead atoms. The Hall–Kier alpha value is -1.43. The quantitative estimate of drug-likeness (QED) is 0.400. The molecule has 0 aliphatic rings. The highest BCUT2D eigenvalue weighted by Gasteiger charge is 2.14. The van der Waals surface area contributed by atoms with Crippen LogP contribution >= 0.6 is 22.6 Å². The van der Waals surface area contributed by atoms with Crippen LogP contribution in [0.4, 0.5) is 0 Å². The molecule has 0 amide bonds. The SMILES string of the molecule is NNC(Cc1cccc2ccccc12)c1ccccc1I. The van der Waals surface area contributed by atoms with Gasteiger partial charge in [-0.1, -0.05) is 60.7 Å². The van der Waals surface area contributed by atoms with E-state index in [1.165, 1.54) is 25.5 Å². The maximum Gasteiger partial charge on any atom is 0.0510 e. The molecule has 0 heterocycles. The summed E-state index contributed by atoms with van der Waals surface area (Å²) in [7, 11) is 0. The monoisotopic (exact) mass is 388 g/mol. The predicted molar refractivity (Wildman–Crippen MR) is 96.9 cm³/mol. The van der Waals surface area contributed by atoms with E-state index in [-0.39, 0.29) is 6.04 Å². The summed E-state index contributed by atoms with van der Waals surface area (Å²) in [5.74, 6) is 5.81. The first-order chi connectivity index (χ1) is 10.3. The lowest BCUT2D eigenvalue weighted by Crippen LogP contribution is -2.30. The van der Waals surface area contributed by atoms with E-state index in [4.69, 9.17) is 5.84 Å². The highest BCUT2D eigenvalue weighted by Crippen LogP contribution is 2.26. The first-order valence-corrected chi connectivity index (χ1v) is 8.04. The number of hydrazine groups is 1. The van der Waals surface area contributed by atoms with Crippen LogP contribution in [0.2, 0.25) is 0 Å². The molecule has 0 spiro atoms. The van der Waals surface area contributed by atoms with Gasteiger partial charge in [0.15, 0.2) is 0 Å². The number of fused-ring (bicyclic) bond motifs is 1. The lowest BCUT2D eigenvalue weighted by atomic mass is 9.95. The first kappa shape index (κ1) is 14.5. The van der Waals surface area contributed by atoms with Gasteiger partial charge in [0.05, 0.1) is 6.04 Å². The van der Waals surface area contributed by atoms with Gasteiger partial charge in [-0.05, 0) is 57.0 Å². The van der Waals surface area contributed by atoms with Crippen molar-refractivity contribution in [3.63, 3.8) is 0 Å². The number of nitrogens with one attached hydrogen (secondary N) is 1. The molecule has 0 aliphatic heterocycles. The summed E-state index contributed by atoms with van der Waals surface area (Å²) in [6.45, 7) is 0. The molecule has 0 saturated heterocycles. The molecule has 3 rings (SSSR count). The third-order valence-electron chi connectivity index (χ3n) is 3.79. The Kier molecular flexibility index (Phi) is 4.53. The van der Waals surface area contributed by atoms with Gasteiger partial charge in [0.1, 0.15) is 0 Å². The summed E-state index contributed by atoms with van der Waals surface area (Å²) in [5, 5.41) is 2.57. The molecule has 0 aromatic heterocycles. The number of hydrogen-bond acceptors (Lipinski definition) is 2. The van der Waals surface area contributed by atoms with Crippen LogP contribution < -0.4 is 11.3 Å². The molecule has 3 N–H and O–H groups in total. The van der Waals surface area contributed by atoms with E-state index in [2.05, 4.69) is 94.7 Å². The van der Waals surface area contributed by atoms with Crippen LogP contribution in [0.15, 0.2) is 66.7 Å². The van der Waals surface area contributed by atoms with Crippen molar-refractivity contribution < 1.29 is 0 Å². The zero-order chi connectivity index (χ0) is 14.7. The molecule has 1 atom stereocenters. The maximum absolute atomic E-state index is 5.81. The Balaban J connectivity index is 1.98. The molecule has 1 unspecified atom stereocenters. The zero-order valence-corrected chi connectivity index (χ0v) is 13.7. The highest BCUT2D eigenvalue weighted by atomic mass is 127. The normalized spacial score (nSPS) is 12.5. The molecule has 3 aromatic carbocycles. The second-order valence-corrected chi connectivity index (χ2v) is 6.25. The average molecular weight is 388 g/mol. The van der Waals surface area contributed by atoms with E-state index in [0.29, 0.717) is 0 Å². The van der Waals surface area contributed by atoms with Gasteiger partial charge in [-0.15, -0.1) is 0 Å². The molecular formula is C18H17IN2. The summed E-state index contributed by atoms with van der Waals surface area (Å²) in [5.41, 5.74) is 5.53. The van der Waals surface area contributed by atoms with Crippen molar-refractivity contribution in [3.8, 4) is 0 Å². The molecule has 0 radical (unpaired) electrons. The largest absolute Gasteiger partial charge is 0.271 e. The lowest BCUT2D eigenvalue weighted by Gasteiger charge is -2.19. The van der Waals surface area contributed by atoms with Gasteiger partial charge in [-0.2, -0.15) is 0 Å². The van der Waals surface area contributed by atoms with E-state index < -0.39 is 0 Å². The van der Waals surface area contributed by atoms with Gasteiger partial charge in [0.2, 0.25) is 0 Å². The minimum Gasteiger partial charge on any atom is -0.271 e. The fourth-order valence-electron chi connectivity index (χ4n) is 2.71. The van der Waals surface area contributed by atoms with Crippen molar-refractivity contribution >= 4 is 33.4 Å². The van der Waals surface area contributed by atoms with Gasteiger partial charge in [0.25, 0.3) is 0 Å². The number of hydrogen-bond donors (Lipinski definition) is 2. The third kappa shape index (κ3) is 3.10. The summed E-state index contributed by atoms with van der Waals surface area (Å²) in [4.78, 5) is 0. The minimum absolute atomic E-state index is 0.115. The van der Waals surface area contributed by atoms with Crippen LogP contribution in [-0.4, -0.2) is 0 Å². The second-order valence-electron chi connectivity index (χ2n) is 5.08. The molecule has 0 aliphatic carbocycles. The van der Waals surface area contributed by atoms with Crippen LogP contribution in [0, 0.1) is 3.57 Å². The Morgan fingerprint density at radius 2 is 1.62 bits per heavy atom. The summed E-state index contributed by atoms with van der Waals surface area (Å²) >= 11 is 2.36. The van der Waals surface area contributed by atoms with Crippen LogP contribution in [0.5, 0.6) is 0 Å². The molecule has 3 aromatic rings. The van der Waals surface area contributed by atoms with Gasteiger partial charge in [0, 0.05) is 3.57 Å². The van der Waals surface area contributed by atoms with E-state index in [9.17, 15) is 0 Å². The Morgan fingerprint density at radius 3 is 2.43 bits per heavy atom. The number of benzene rings is 3. The van der Waals surface area contributed by atoms with Crippen LogP contribution in [0.1, 0.15) is 17.2 Å². The van der Waals surface area contributed by atoms with Crippen LogP contribution in [0.25, 0.3) is 10.8 Å². The molecule has 2 nitrogen and oxygen atoms in total. The van der Waals surface area contributed by atoms with Gasteiger partial charge in [-0.3, -0.25) is 11.3 Å². The topological polar surface area (TPSA) is 38.0 Å². The number of halogens is 1. The molecule has 0 fully saturated rings. The van der Waals surface area contributed by atoms with E-state index in [0.717, 1.165) is 6.42 Å². The standard InChI is InChI=1S/C18H17IN2/c19-17-11-4-3-10-16(17)18(21-20)12-14-8-5-7-13-6-1-2-9-15(13)14/h1-11,18,21H,12,20H2. The fourth-order valence-corrected chi connectivity index (χ4v) is 3.47. The molecular weight excluding hydrogens is 371 g/mol. The zero-order valence-electron chi connectivity index (χ0n) is 11.6. The van der Waals surface area contributed by atoms with Gasteiger partial charge >= 0.3 is 0 Å². The highest BCUT2D eigenvalue weighted by molar-refractivity contribution is 14.1. The van der Waals surface area contributed by atoms with Gasteiger partial charge in [-0.25, -0.2) is 0 Å². The van der Waals surface area contributed by atoms with Crippen molar-refractivity contribution in [2.75, 3.05) is 0 Å². The Morgan fingerprint density at radius 1 is 0.905 bits per heavy atom. The maximum atomic E-state index is 5.81. The van der Waals surface area contributed by atoms with Crippen molar-refractivity contribution in [2.45, 2.75) is 12.5 Å². The smallest absolute Gasteiger partial charge is 0.0510 e. The molecule has 0 saturated carbocycles. The fraction of sp³-hybridized carbons (Fsp3) is 0.111. The van der Waals surface area contributed by atoms with Gasteiger partial charge < -0.3 is 0 Å². The molecule has 3 heteroatoms. The van der Waals surface area contributed by atoms with Crippen LogP contribution in [-0.2, 0) is 6.42 Å². The Bertz CT molecular complexity index is 750. The van der Waals surface area contributed by atoms with Crippen molar-refractivity contribution in [1.82, 2.24) is 5.43 Å².